The number of hydrogen-bond donors (Lipinski definition) is 0. The fourth-order valence-electron chi connectivity index (χ4n) is 1.08. The molecule has 1 rings (SSSR count). The second-order valence-corrected chi connectivity index (χ2v) is 3.47. The van der Waals surface area contributed by atoms with Crippen LogP contribution >= 0.6 is 23.2 Å². The molecule has 0 aliphatic carbocycles. The molecule has 1 aromatic rings. The fourth-order valence-corrected chi connectivity index (χ4v) is 1.48. The monoisotopic (exact) mass is 229 g/mol. The average Bonchev–Trinajstić information content (AvgIpc) is 2.18. The molecule has 2 nitrogen and oxygen atoms in total. The van der Waals surface area contributed by atoms with Crippen LogP contribution in [0.4, 0.5) is 0 Å². The first kappa shape index (κ1) is 11.3. The molecule has 0 aromatic heterocycles. The Hall–Kier alpha value is -0.750. The molecule has 1 unspecified atom stereocenters. The van der Waals surface area contributed by atoms with E-state index in [9.17, 15) is 0 Å². The van der Waals surface area contributed by atoms with E-state index in [1.165, 1.54) is 0 Å². The summed E-state index contributed by atoms with van der Waals surface area (Å²) in [5, 5.41) is 9.89. The maximum Gasteiger partial charge on any atom is 0.170 e. The summed E-state index contributed by atoms with van der Waals surface area (Å²) in [5.41, 5.74) is 0.614. The largest absolute Gasteiger partial charge is 0.359 e. The molecule has 0 amide bonds. The topological polar surface area (TPSA) is 33.0 Å². The van der Waals surface area contributed by atoms with Crippen LogP contribution in [-0.4, -0.2) is 6.61 Å². The molecule has 0 aliphatic heterocycles. The smallest absolute Gasteiger partial charge is 0.170 e. The van der Waals surface area contributed by atoms with Crippen molar-refractivity contribution in [1.29, 1.82) is 5.26 Å². The van der Waals surface area contributed by atoms with E-state index < -0.39 is 6.10 Å². The first-order chi connectivity index (χ1) is 6.69. The molecule has 1 atom stereocenters. The van der Waals surface area contributed by atoms with Gasteiger partial charge in [-0.2, -0.15) is 5.26 Å². The van der Waals surface area contributed by atoms with Gasteiger partial charge in [0.25, 0.3) is 0 Å². The van der Waals surface area contributed by atoms with Crippen LogP contribution in [0.5, 0.6) is 0 Å². The van der Waals surface area contributed by atoms with Gasteiger partial charge >= 0.3 is 0 Å². The highest BCUT2D eigenvalue weighted by Crippen LogP contribution is 2.27. The Labute approximate surface area is 93.0 Å². The molecule has 0 radical (unpaired) electrons. The maximum atomic E-state index is 8.85. The van der Waals surface area contributed by atoms with Crippen molar-refractivity contribution in [2.45, 2.75) is 13.0 Å². The predicted molar refractivity (Wildman–Crippen MR) is 56.4 cm³/mol. The molecular formula is C10H9Cl2NO. The summed E-state index contributed by atoms with van der Waals surface area (Å²) >= 11 is 11.7. The van der Waals surface area contributed by atoms with Gasteiger partial charge in [-0.05, 0) is 25.1 Å². The highest BCUT2D eigenvalue weighted by molar-refractivity contribution is 6.33. The summed E-state index contributed by atoms with van der Waals surface area (Å²) in [6.07, 6.45) is -0.647. The Kier molecular flexibility index (Phi) is 4.21. The van der Waals surface area contributed by atoms with E-state index in [0.29, 0.717) is 22.2 Å². The number of nitriles is 1. The predicted octanol–water partition coefficient (Wildman–Crippen LogP) is 3.59. The van der Waals surface area contributed by atoms with E-state index in [1.807, 2.05) is 13.0 Å². The third-order valence-electron chi connectivity index (χ3n) is 1.69. The maximum absolute atomic E-state index is 8.85. The number of hydrogen-bond acceptors (Lipinski definition) is 2. The average molecular weight is 230 g/mol. The van der Waals surface area contributed by atoms with Gasteiger partial charge in [0.2, 0.25) is 0 Å². The molecule has 0 fully saturated rings. The molecular weight excluding hydrogens is 221 g/mol. The minimum Gasteiger partial charge on any atom is -0.359 e. The van der Waals surface area contributed by atoms with E-state index in [4.69, 9.17) is 33.2 Å². The first-order valence-corrected chi connectivity index (χ1v) is 4.90. The van der Waals surface area contributed by atoms with Gasteiger partial charge in [-0.15, -0.1) is 0 Å². The Morgan fingerprint density at radius 3 is 2.79 bits per heavy atom. The molecule has 0 heterocycles. The van der Waals surface area contributed by atoms with Crippen LogP contribution in [0.15, 0.2) is 18.2 Å². The van der Waals surface area contributed by atoms with Crippen LogP contribution in [0.3, 0.4) is 0 Å². The highest BCUT2D eigenvalue weighted by Gasteiger charge is 2.14. The van der Waals surface area contributed by atoms with Crippen molar-refractivity contribution < 1.29 is 4.74 Å². The van der Waals surface area contributed by atoms with E-state index in [1.54, 1.807) is 18.2 Å². The number of halogens is 2. The molecule has 4 heteroatoms. The van der Waals surface area contributed by atoms with Gasteiger partial charge in [-0.3, -0.25) is 0 Å². The minimum atomic E-state index is -0.647. The lowest BCUT2D eigenvalue weighted by Crippen LogP contribution is -2.02. The molecule has 0 bridgehead atoms. The second-order valence-electron chi connectivity index (χ2n) is 2.63. The van der Waals surface area contributed by atoms with Crippen molar-refractivity contribution in [3.63, 3.8) is 0 Å². The van der Waals surface area contributed by atoms with Gasteiger partial charge in [0, 0.05) is 22.2 Å². The van der Waals surface area contributed by atoms with Gasteiger partial charge in [-0.1, -0.05) is 23.2 Å². The lowest BCUT2D eigenvalue weighted by molar-refractivity contribution is 0.102. The zero-order valence-corrected chi connectivity index (χ0v) is 9.14. The standard InChI is InChI=1S/C10H9Cl2NO/c1-2-14-10(6-13)8-5-7(11)3-4-9(8)12/h3-5,10H,2H2,1H3. The normalized spacial score (nSPS) is 12.1. The van der Waals surface area contributed by atoms with E-state index in [0.717, 1.165) is 0 Å². The highest BCUT2D eigenvalue weighted by atomic mass is 35.5. The van der Waals surface area contributed by atoms with Crippen molar-refractivity contribution in [3.05, 3.63) is 33.8 Å². The molecule has 14 heavy (non-hydrogen) atoms. The lowest BCUT2D eigenvalue weighted by Gasteiger charge is -2.11. The fraction of sp³-hybridized carbons (Fsp3) is 0.300. The van der Waals surface area contributed by atoms with E-state index in [-0.39, 0.29) is 0 Å². The summed E-state index contributed by atoms with van der Waals surface area (Å²) in [7, 11) is 0. The van der Waals surface area contributed by atoms with Crippen LogP contribution in [-0.2, 0) is 4.74 Å². The molecule has 0 aliphatic rings. The van der Waals surface area contributed by atoms with Gasteiger partial charge in [0.15, 0.2) is 6.10 Å². The second kappa shape index (κ2) is 5.21. The van der Waals surface area contributed by atoms with Crippen molar-refractivity contribution >= 4 is 23.2 Å². The Bertz CT molecular complexity index is 360. The zero-order valence-electron chi connectivity index (χ0n) is 7.63. The zero-order chi connectivity index (χ0) is 10.6. The van der Waals surface area contributed by atoms with Crippen molar-refractivity contribution in [2.24, 2.45) is 0 Å². The van der Waals surface area contributed by atoms with Crippen LogP contribution < -0.4 is 0 Å². The van der Waals surface area contributed by atoms with E-state index in [2.05, 4.69) is 0 Å². The summed E-state index contributed by atoms with van der Waals surface area (Å²) < 4.78 is 5.21. The first-order valence-electron chi connectivity index (χ1n) is 4.15. The summed E-state index contributed by atoms with van der Waals surface area (Å²) in [6, 6.07) is 7.00. The number of ether oxygens (including phenoxy) is 1. The van der Waals surface area contributed by atoms with Crippen molar-refractivity contribution in [1.82, 2.24) is 0 Å². The van der Waals surface area contributed by atoms with Crippen LogP contribution in [0.1, 0.15) is 18.6 Å². The van der Waals surface area contributed by atoms with Gasteiger partial charge in [-0.25, -0.2) is 0 Å². The van der Waals surface area contributed by atoms with Gasteiger partial charge < -0.3 is 4.74 Å². The Morgan fingerprint density at radius 2 is 2.21 bits per heavy atom. The quantitative estimate of drug-likeness (QED) is 0.794. The van der Waals surface area contributed by atoms with Gasteiger partial charge in [0.05, 0.1) is 6.07 Å². The summed E-state index contributed by atoms with van der Waals surface area (Å²) in [4.78, 5) is 0. The lowest BCUT2D eigenvalue weighted by atomic mass is 10.1. The number of benzene rings is 1. The minimum absolute atomic E-state index is 0.459. The molecule has 0 N–H and O–H groups in total. The molecule has 0 saturated carbocycles. The molecule has 0 saturated heterocycles. The Balaban J connectivity index is 3.03. The van der Waals surface area contributed by atoms with Crippen LogP contribution in [0.2, 0.25) is 10.0 Å². The third kappa shape index (κ3) is 2.62. The van der Waals surface area contributed by atoms with Crippen molar-refractivity contribution in [2.75, 3.05) is 6.61 Å². The van der Waals surface area contributed by atoms with Crippen molar-refractivity contribution in [3.8, 4) is 6.07 Å². The summed E-state index contributed by atoms with van der Waals surface area (Å²) in [5.74, 6) is 0. The van der Waals surface area contributed by atoms with Gasteiger partial charge in [0.1, 0.15) is 0 Å². The number of rotatable bonds is 3. The summed E-state index contributed by atoms with van der Waals surface area (Å²) in [6.45, 7) is 2.28. The molecule has 1 aromatic carbocycles. The van der Waals surface area contributed by atoms with Crippen LogP contribution in [0.25, 0.3) is 0 Å². The number of nitrogens with zero attached hydrogens (tertiary/aromatic N) is 1. The van der Waals surface area contributed by atoms with Crippen LogP contribution in [0, 0.1) is 11.3 Å². The molecule has 74 valence electrons. The Morgan fingerprint density at radius 1 is 1.50 bits per heavy atom. The SMILES string of the molecule is CCOC(C#N)c1cc(Cl)ccc1Cl. The third-order valence-corrected chi connectivity index (χ3v) is 2.27. The molecule has 0 spiro atoms. The van der Waals surface area contributed by atoms with E-state index >= 15 is 0 Å².